The van der Waals surface area contributed by atoms with Crippen molar-refractivity contribution in [1.29, 1.82) is 0 Å². The summed E-state index contributed by atoms with van der Waals surface area (Å²) in [6, 6.07) is 8.27. The Morgan fingerprint density at radius 3 is 2.83 bits per heavy atom. The average Bonchev–Trinajstić information content (AvgIpc) is 2.33. The van der Waals surface area contributed by atoms with Crippen LogP contribution in [0.4, 0.5) is 4.39 Å². The number of aromatic nitrogens is 1. The highest BCUT2D eigenvalue weighted by atomic mass is 79.9. The van der Waals surface area contributed by atoms with E-state index in [4.69, 9.17) is 0 Å². The van der Waals surface area contributed by atoms with Crippen LogP contribution < -0.4 is 0 Å². The molecule has 4 heteroatoms. The minimum atomic E-state index is -0.383. The van der Waals surface area contributed by atoms with E-state index < -0.39 is 0 Å². The van der Waals surface area contributed by atoms with Crippen LogP contribution in [0.15, 0.2) is 41.0 Å². The van der Waals surface area contributed by atoms with Crippen molar-refractivity contribution in [1.82, 2.24) is 4.98 Å². The maximum Gasteiger partial charge on any atom is 0.185 e. The number of ketones is 1. The molecule has 0 unspecified atom stereocenters. The molecule has 0 aliphatic heterocycles. The summed E-state index contributed by atoms with van der Waals surface area (Å²) >= 11 is 3.18. The lowest BCUT2D eigenvalue weighted by Crippen LogP contribution is -2.09. The van der Waals surface area contributed by atoms with Gasteiger partial charge in [-0.3, -0.25) is 9.78 Å². The van der Waals surface area contributed by atoms with E-state index in [0.29, 0.717) is 15.7 Å². The number of halogens is 2. The Bertz CT molecular complexity index is 598. The number of rotatable bonds is 3. The number of Topliss-reactive ketones (excluding diaryl/α,β-unsaturated/α-hetero) is 1. The smallest absolute Gasteiger partial charge is 0.185 e. The van der Waals surface area contributed by atoms with Gasteiger partial charge in [0, 0.05) is 17.1 Å². The number of carbonyl (C=O) groups excluding carboxylic acids is 1. The van der Waals surface area contributed by atoms with E-state index in [9.17, 15) is 9.18 Å². The molecule has 2 aromatic rings. The van der Waals surface area contributed by atoms with Crippen molar-refractivity contribution in [3.8, 4) is 0 Å². The van der Waals surface area contributed by atoms with E-state index in [0.717, 1.165) is 5.56 Å². The Labute approximate surface area is 113 Å². The van der Waals surface area contributed by atoms with E-state index in [1.165, 1.54) is 6.07 Å². The molecule has 0 amide bonds. The molecule has 18 heavy (non-hydrogen) atoms. The van der Waals surface area contributed by atoms with Crippen molar-refractivity contribution >= 4 is 21.7 Å². The maximum atomic E-state index is 13.6. The van der Waals surface area contributed by atoms with Crippen LogP contribution in [0.5, 0.6) is 0 Å². The van der Waals surface area contributed by atoms with Gasteiger partial charge in [0.05, 0.1) is 0 Å². The molecule has 0 spiro atoms. The topological polar surface area (TPSA) is 30.0 Å². The molecule has 1 aromatic carbocycles. The highest BCUT2D eigenvalue weighted by Crippen LogP contribution is 2.17. The Kier molecular flexibility index (Phi) is 3.87. The number of aryl methyl sites for hydroxylation is 1. The Morgan fingerprint density at radius 1 is 1.39 bits per heavy atom. The van der Waals surface area contributed by atoms with E-state index in [2.05, 4.69) is 20.9 Å². The molecule has 0 saturated carbocycles. The molecule has 0 fully saturated rings. The van der Waals surface area contributed by atoms with Crippen LogP contribution in [0, 0.1) is 12.7 Å². The van der Waals surface area contributed by atoms with Gasteiger partial charge in [0.15, 0.2) is 5.78 Å². The summed E-state index contributed by atoms with van der Waals surface area (Å²) in [4.78, 5) is 16.1. The van der Waals surface area contributed by atoms with Crippen molar-refractivity contribution < 1.29 is 9.18 Å². The van der Waals surface area contributed by atoms with Crippen LogP contribution in [0.1, 0.15) is 21.6 Å². The van der Waals surface area contributed by atoms with Crippen LogP contribution in [-0.4, -0.2) is 10.8 Å². The molecular formula is C14H11BrFNO. The first-order valence-electron chi connectivity index (χ1n) is 5.46. The fourth-order valence-electron chi connectivity index (χ4n) is 1.70. The zero-order valence-electron chi connectivity index (χ0n) is 9.78. The fourth-order valence-corrected chi connectivity index (χ4v) is 2.03. The van der Waals surface area contributed by atoms with Crippen molar-refractivity contribution in [2.75, 3.05) is 0 Å². The molecular weight excluding hydrogens is 297 g/mol. The highest BCUT2D eigenvalue weighted by Gasteiger charge is 2.13. The predicted octanol–water partition coefficient (Wildman–Crippen LogP) is 3.72. The zero-order chi connectivity index (χ0) is 13.1. The molecule has 0 aliphatic rings. The standard InChI is InChI=1S/C14H11BrFNO/c1-9-3-2-6-17-14(9)13(18)7-10-4-5-11(15)8-12(10)16/h2-6,8H,7H2,1H3. The van der Waals surface area contributed by atoms with Gasteiger partial charge in [-0.25, -0.2) is 4.39 Å². The number of pyridine rings is 1. The van der Waals surface area contributed by atoms with Gasteiger partial charge in [-0.2, -0.15) is 0 Å². The maximum absolute atomic E-state index is 13.6. The molecule has 0 atom stereocenters. The van der Waals surface area contributed by atoms with Gasteiger partial charge in [0.2, 0.25) is 0 Å². The van der Waals surface area contributed by atoms with Crippen LogP contribution in [-0.2, 0) is 6.42 Å². The van der Waals surface area contributed by atoms with Crippen LogP contribution in [0.3, 0.4) is 0 Å². The summed E-state index contributed by atoms with van der Waals surface area (Å²) in [5, 5.41) is 0. The van der Waals surface area contributed by atoms with Crippen molar-refractivity contribution in [2.24, 2.45) is 0 Å². The second-order valence-corrected chi connectivity index (χ2v) is 4.92. The first-order chi connectivity index (χ1) is 8.58. The quantitative estimate of drug-likeness (QED) is 0.809. The predicted molar refractivity (Wildman–Crippen MR) is 71.1 cm³/mol. The molecule has 2 rings (SSSR count). The Balaban J connectivity index is 2.24. The second-order valence-electron chi connectivity index (χ2n) is 4.00. The summed E-state index contributed by atoms with van der Waals surface area (Å²) < 4.78 is 14.3. The summed E-state index contributed by atoms with van der Waals surface area (Å²) in [5.41, 5.74) is 1.59. The highest BCUT2D eigenvalue weighted by molar-refractivity contribution is 9.10. The second kappa shape index (κ2) is 5.40. The summed E-state index contributed by atoms with van der Waals surface area (Å²) in [5.74, 6) is -0.555. The first kappa shape index (κ1) is 12.9. The van der Waals surface area contributed by atoms with Gasteiger partial charge in [0.1, 0.15) is 11.5 Å². The summed E-state index contributed by atoms with van der Waals surface area (Å²) in [6.07, 6.45) is 1.59. The van der Waals surface area contributed by atoms with Crippen molar-refractivity contribution in [2.45, 2.75) is 13.3 Å². The van der Waals surface area contributed by atoms with Gasteiger partial charge < -0.3 is 0 Å². The normalized spacial score (nSPS) is 10.4. The monoisotopic (exact) mass is 307 g/mol. The first-order valence-corrected chi connectivity index (χ1v) is 6.26. The third-order valence-electron chi connectivity index (χ3n) is 2.64. The van der Waals surface area contributed by atoms with E-state index >= 15 is 0 Å². The number of nitrogens with zero attached hydrogens (tertiary/aromatic N) is 1. The minimum Gasteiger partial charge on any atom is -0.292 e. The van der Waals surface area contributed by atoms with E-state index in [-0.39, 0.29) is 18.0 Å². The van der Waals surface area contributed by atoms with E-state index in [1.54, 1.807) is 24.4 Å². The molecule has 0 aliphatic carbocycles. The summed E-state index contributed by atoms with van der Waals surface area (Å²) in [7, 11) is 0. The van der Waals surface area contributed by atoms with Crippen LogP contribution in [0.25, 0.3) is 0 Å². The Hall–Kier alpha value is -1.55. The molecule has 1 aromatic heterocycles. The summed E-state index contributed by atoms with van der Waals surface area (Å²) in [6.45, 7) is 1.82. The van der Waals surface area contributed by atoms with Gasteiger partial charge in [-0.15, -0.1) is 0 Å². The third-order valence-corrected chi connectivity index (χ3v) is 3.13. The lowest BCUT2D eigenvalue weighted by molar-refractivity contribution is 0.0986. The van der Waals surface area contributed by atoms with Gasteiger partial charge >= 0.3 is 0 Å². The Morgan fingerprint density at radius 2 is 2.17 bits per heavy atom. The molecule has 2 nitrogen and oxygen atoms in total. The number of carbonyl (C=O) groups is 1. The molecule has 0 saturated heterocycles. The zero-order valence-corrected chi connectivity index (χ0v) is 11.4. The van der Waals surface area contributed by atoms with Crippen LogP contribution in [0.2, 0.25) is 0 Å². The van der Waals surface area contributed by atoms with Crippen LogP contribution >= 0.6 is 15.9 Å². The SMILES string of the molecule is Cc1cccnc1C(=O)Cc1ccc(Br)cc1F. The fraction of sp³-hybridized carbons (Fsp3) is 0.143. The average molecular weight is 308 g/mol. The number of hydrogen-bond donors (Lipinski definition) is 0. The molecule has 92 valence electrons. The largest absolute Gasteiger partial charge is 0.292 e. The van der Waals surface area contributed by atoms with Gasteiger partial charge in [-0.05, 0) is 36.2 Å². The van der Waals surface area contributed by atoms with E-state index in [1.807, 2.05) is 13.0 Å². The molecule has 0 N–H and O–H groups in total. The third kappa shape index (κ3) is 2.82. The number of hydrogen-bond acceptors (Lipinski definition) is 2. The van der Waals surface area contributed by atoms with Crippen molar-refractivity contribution in [3.05, 3.63) is 63.6 Å². The van der Waals surface area contributed by atoms with Crippen molar-refractivity contribution in [3.63, 3.8) is 0 Å². The lowest BCUT2D eigenvalue weighted by atomic mass is 10.0. The molecule has 0 radical (unpaired) electrons. The minimum absolute atomic E-state index is 0.0248. The number of benzene rings is 1. The molecule has 1 heterocycles. The van der Waals surface area contributed by atoms with Gasteiger partial charge in [-0.1, -0.05) is 28.1 Å². The molecule has 0 bridgehead atoms. The lowest BCUT2D eigenvalue weighted by Gasteiger charge is -2.05. The van der Waals surface area contributed by atoms with Gasteiger partial charge in [0.25, 0.3) is 0 Å².